The van der Waals surface area contributed by atoms with E-state index in [1.54, 1.807) is 6.20 Å². The van der Waals surface area contributed by atoms with Crippen LogP contribution in [0.2, 0.25) is 0 Å². The Balaban J connectivity index is 0.00000128. The SMILES string of the molecule is CC(C)CC1CNCCN1c1ccno1.[HH]. The highest BCUT2D eigenvalue weighted by Gasteiger charge is 2.24. The molecule has 0 aliphatic carbocycles. The maximum atomic E-state index is 5.23. The second kappa shape index (κ2) is 4.66. The van der Waals surface area contributed by atoms with Gasteiger partial charge in [-0.2, -0.15) is 0 Å². The molecule has 1 unspecified atom stereocenters. The van der Waals surface area contributed by atoms with Crippen LogP contribution in [0.3, 0.4) is 0 Å². The van der Waals surface area contributed by atoms with Gasteiger partial charge in [-0.25, -0.2) is 0 Å². The first-order chi connectivity index (χ1) is 7.27. The van der Waals surface area contributed by atoms with Crippen LogP contribution in [0.15, 0.2) is 16.8 Å². The Morgan fingerprint density at radius 1 is 1.73 bits per heavy atom. The zero-order chi connectivity index (χ0) is 10.7. The molecule has 2 rings (SSSR count). The van der Waals surface area contributed by atoms with Crippen molar-refractivity contribution in [3.63, 3.8) is 0 Å². The Bertz CT molecular complexity index is 289. The average molecular weight is 211 g/mol. The molecule has 1 aromatic rings. The molecule has 1 fully saturated rings. The summed E-state index contributed by atoms with van der Waals surface area (Å²) in [6.07, 6.45) is 2.90. The molecule has 0 saturated carbocycles. The Labute approximate surface area is 92.1 Å². The topological polar surface area (TPSA) is 41.3 Å². The molecule has 4 heteroatoms. The van der Waals surface area contributed by atoms with Gasteiger partial charge in [0.1, 0.15) is 0 Å². The fourth-order valence-corrected chi connectivity index (χ4v) is 2.16. The van der Waals surface area contributed by atoms with Gasteiger partial charge >= 0.3 is 0 Å². The zero-order valence-corrected chi connectivity index (χ0v) is 9.44. The largest absolute Gasteiger partial charge is 0.339 e. The zero-order valence-electron chi connectivity index (χ0n) is 9.44. The van der Waals surface area contributed by atoms with Crippen molar-refractivity contribution in [1.82, 2.24) is 10.5 Å². The lowest BCUT2D eigenvalue weighted by Gasteiger charge is -2.36. The van der Waals surface area contributed by atoms with Crippen molar-refractivity contribution in [2.24, 2.45) is 5.92 Å². The summed E-state index contributed by atoms with van der Waals surface area (Å²) in [6.45, 7) is 7.58. The maximum absolute atomic E-state index is 5.23. The summed E-state index contributed by atoms with van der Waals surface area (Å²) in [4.78, 5) is 2.32. The van der Waals surface area contributed by atoms with Crippen molar-refractivity contribution in [1.29, 1.82) is 0 Å². The first-order valence-electron chi connectivity index (χ1n) is 5.65. The molecule has 0 radical (unpaired) electrons. The van der Waals surface area contributed by atoms with Gasteiger partial charge in [0.2, 0.25) is 5.88 Å². The Hall–Kier alpha value is -1.03. The Morgan fingerprint density at radius 3 is 3.27 bits per heavy atom. The average Bonchev–Trinajstić information content (AvgIpc) is 2.70. The molecule has 2 heterocycles. The number of piperazine rings is 1. The van der Waals surface area contributed by atoms with E-state index in [-0.39, 0.29) is 1.43 Å². The third kappa shape index (κ3) is 2.50. The number of aromatic nitrogens is 1. The van der Waals surface area contributed by atoms with Crippen molar-refractivity contribution in [2.75, 3.05) is 24.5 Å². The van der Waals surface area contributed by atoms with Gasteiger partial charge in [-0.3, -0.25) is 0 Å². The van der Waals surface area contributed by atoms with Gasteiger partial charge in [-0.15, -0.1) is 0 Å². The van der Waals surface area contributed by atoms with E-state index < -0.39 is 0 Å². The smallest absolute Gasteiger partial charge is 0.227 e. The van der Waals surface area contributed by atoms with E-state index in [0.717, 1.165) is 25.5 Å². The van der Waals surface area contributed by atoms with Crippen LogP contribution >= 0.6 is 0 Å². The first-order valence-corrected chi connectivity index (χ1v) is 5.65. The molecule has 0 bridgehead atoms. The number of hydrogen-bond donors (Lipinski definition) is 1. The summed E-state index contributed by atoms with van der Waals surface area (Å²) in [7, 11) is 0. The first kappa shape index (κ1) is 10.5. The van der Waals surface area contributed by atoms with Gasteiger partial charge in [0.15, 0.2) is 0 Å². The standard InChI is InChI=1S/C11H19N3O.H2/c1-9(2)7-10-8-12-5-6-14(10)11-3-4-13-15-11;/h3-4,9-10,12H,5-8H2,1-2H3;1H. The molecular weight excluding hydrogens is 190 g/mol. The lowest BCUT2D eigenvalue weighted by molar-refractivity contribution is 0.357. The van der Waals surface area contributed by atoms with Gasteiger partial charge in [0, 0.05) is 33.2 Å². The molecule has 0 amide bonds. The van der Waals surface area contributed by atoms with Gasteiger partial charge < -0.3 is 14.7 Å². The number of hydrogen-bond acceptors (Lipinski definition) is 4. The van der Waals surface area contributed by atoms with Crippen molar-refractivity contribution in [3.05, 3.63) is 12.3 Å². The highest BCUT2D eigenvalue weighted by Crippen LogP contribution is 2.21. The molecule has 1 aliphatic heterocycles. The molecule has 1 atom stereocenters. The molecule has 86 valence electrons. The summed E-state index contributed by atoms with van der Waals surface area (Å²) in [5, 5.41) is 7.20. The minimum absolute atomic E-state index is 0. The van der Waals surface area contributed by atoms with E-state index in [0.29, 0.717) is 12.0 Å². The highest BCUT2D eigenvalue weighted by molar-refractivity contribution is 5.35. The van der Waals surface area contributed by atoms with E-state index in [1.807, 2.05) is 6.07 Å². The molecule has 0 aromatic carbocycles. The fourth-order valence-electron chi connectivity index (χ4n) is 2.16. The van der Waals surface area contributed by atoms with Crippen LogP contribution in [0.1, 0.15) is 21.7 Å². The minimum atomic E-state index is 0. The van der Waals surface area contributed by atoms with Crippen LogP contribution in [0.4, 0.5) is 5.88 Å². The number of nitrogens with one attached hydrogen (secondary N) is 1. The van der Waals surface area contributed by atoms with Crippen molar-refractivity contribution in [3.8, 4) is 0 Å². The summed E-state index contributed by atoms with van der Waals surface area (Å²) >= 11 is 0. The number of nitrogens with zero attached hydrogens (tertiary/aromatic N) is 2. The van der Waals surface area contributed by atoms with E-state index in [1.165, 1.54) is 6.42 Å². The maximum Gasteiger partial charge on any atom is 0.227 e. The third-order valence-electron chi connectivity index (χ3n) is 2.80. The Morgan fingerprint density at radius 2 is 2.60 bits per heavy atom. The molecule has 4 nitrogen and oxygen atoms in total. The molecule has 1 aliphatic rings. The van der Waals surface area contributed by atoms with Crippen molar-refractivity contribution in [2.45, 2.75) is 26.3 Å². The van der Waals surface area contributed by atoms with Gasteiger partial charge in [-0.1, -0.05) is 19.0 Å². The molecule has 15 heavy (non-hydrogen) atoms. The summed E-state index contributed by atoms with van der Waals surface area (Å²) < 4.78 is 5.23. The van der Waals surface area contributed by atoms with E-state index in [2.05, 4.69) is 29.2 Å². The summed E-state index contributed by atoms with van der Waals surface area (Å²) in [5.41, 5.74) is 0. The molecule has 1 saturated heterocycles. The molecule has 0 spiro atoms. The predicted octanol–water partition coefficient (Wildman–Crippen LogP) is 1.74. The number of anilines is 1. The van der Waals surface area contributed by atoms with Gasteiger partial charge in [0.25, 0.3) is 0 Å². The van der Waals surface area contributed by atoms with Crippen LogP contribution in [-0.2, 0) is 0 Å². The quantitative estimate of drug-likeness (QED) is 0.827. The normalized spacial score (nSPS) is 22.3. The van der Waals surface area contributed by atoms with Gasteiger partial charge in [-0.05, 0) is 12.3 Å². The van der Waals surface area contributed by atoms with E-state index in [9.17, 15) is 0 Å². The lowest BCUT2D eigenvalue weighted by Crippen LogP contribution is -2.51. The summed E-state index contributed by atoms with van der Waals surface area (Å²) in [5.74, 6) is 1.61. The van der Waals surface area contributed by atoms with Crippen molar-refractivity contribution < 1.29 is 5.95 Å². The van der Waals surface area contributed by atoms with Crippen LogP contribution in [0.25, 0.3) is 0 Å². The predicted molar refractivity (Wildman–Crippen MR) is 62.1 cm³/mol. The molecule has 1 aromatic heterocycles. The fraction of sp³-hybridized carbons (Fsp3) is 0.727. The lowest BCUT2D eigenvalue weighted by atomic mass is 10.0. The number of rotatable bonds is 3. The van der Waals surface area contributed by atoms with Crippen molar-refractivity contribution >= 4 is 5.88 Å². The Kier molecular flexibility index (Phi) is 3.26. The highest BCUT2D eigenvalue weighted by atomic mass is 16.5. The van der Waals surface area contributed by atoms with E-state index >= 15 is 0 Å². The van der Waals surface area contributed by atoms with Gasteiger partial charge in [0.05, 0.1) is 6.20 Å². The molecule has 1 N–H and O–H groups in total. The van der Waals surface area contributed by atoms with Crippen LogP contribution in [0.5, 0.6) is 0 Å². The van der Waals surface area contributed by atoms with Crippen LogP contribution < -0.4 is 10.2 Å². The third-order valence-corrected chi connectivity index (χ3v) is 2.80. The van der Waals surface area contributed by atoms with Crippen LogP contribution in [0, 0.1) is 5.92 Å². The summed E-state index contributed by atoms with van der Waals surface area (Å²) in [6, 6.07) is 2.48. The van der Waals surface area contributed by atoms with E-state index in [4.69, 9.17) is 4.52 Å². The molecular formula is C11H21N3O. The monoisotopic (exact) mass is 211 g/mol. The second-order valence-corrected chi connectivity index (χ2v) is 4.53. The minimum Gasteiger partial charge on any atom is -0.339 e. The second-order valence-electron chi connectivity index (χ2n) is 4.53. The van der Waals surface area contributed by atoms with Crippen LogP contribution in [-0.4, -0.2) is 30.8 Å².